The summed E-state index contributed by atoms with van der Waals surface area (Å²) in [6, 6.07) is 17.6. The normalized spacial score (nSPS) is 10.5. The van der Waals surface area contributed by atoms with Gasteiger partial charge in [0.05, 0.1) is 11.4 Å². The van der Waals surface area contributed by atoms with Gasteiger partial charge in [0.1, 0.15) is 6.33 Å². The van der Waals surface area contributed by atoms with Crippen LogP contribution in [0.5, 0.6) is 0 Å². The van der Waals surface area contributed by atoms with Gasteiger partial charge in [-0.05, 0) is 36.2 Å². The number of aryl methyl sites for hydroxylation is 1. The van der Waals surface area contributed by atoms with E-state index in [2.05, 4.69) is 22.3 Å². The Morgan fingerprint density at radius 1 is 1.17 bits per heavy atom. The fraction of sp³-hybridized carbons (Fsp3) is 0.167. The van der Waals surface area contributed by atoms with Gasteiger partial charge in [0.15, 0.2) is 0 Å². The van der Waals surface area contributed by atoms with Gasteiger partial charge in [0, 0.05) is 5.69 Å². The molecule has 122 valence electrons. The lowest BCUT2D eigenvalue weighted by atomic mass is 10.1. The third-order valence-electron chi connectivity index (χ3n) is 3.44. The van der Waals surface area contributed by atoms with Crippen LogP contribution in [0.4, 0.5) is 5.69 Å². The van der Waals surface area contributed by atoms with E-state index in [0.717, 1.165) is 17.8 Å². The zero-order valence-corrected chi connectivity index (χ0v) is 14.2. The number of hydrogen-bond acceptors (Lipinski definition) is 4. The molecule has 0 aliphatic rings. The quantitative estimate of drug-likeness (QED) is 0.698. The SMILES string of the molecule is CCc1cccc(NC(=O)CSc2ncn(-c3ccccc3)n2)c1. The monoisotopic (exact) mass is 338 g/mol. The van der Waals surface area contributed by atoms with E-state index in [-0.39, 0.29) is 11.7 Å². The van der Waals surface area contributed by atoms with Gasteiger partial charge in [-0.15, -0.1) is 5.10 Å². The molecule has 0 atom stereocenters. The van der Waals surface area contributed by atoms with E-state index >= 15 is 0 Å². The van der Waals surface area contributed by atoms with Crippen molar-refractivity contribution < 1.29 is 4.79 Å². The minimum Gasteiger partial charge on any atom is -0.325 e. The van der Waals surface area contributed by atoms with E-state index in [0.29, 0.717) is 5.16 Å². The first-order valence-corrected chi connectivity index (χ1v) is 8.72. The molecule has 0 radical (unpaired) electrons. The van der Waals surface area contributed by atoms with Crippen LogP contribution in [0.25, 0.3) is 5.69 Å². The Bertz CT molecular complexity index is 817. The average Bonchev–Trinajstić information content (AvgIpc) is 3.10. The number of nitrogens with zero attached hydrogens (tertiary/aromatic N) is 3. The first-order valence-electron chi connectivity index (χ1n) is 7.73. The summed E-state index contributed by atoms with van der Waals surface area (Å²) in [6.45, 7) is 2.09. The van der Waals surface area contributed by atoms with Crippen LogP contribution in [0.1, 0.15) is 12.5 Å². The average molecular weight is 338 g/mol. The van der Waals surface area contributed by atoms with Crippen molar-refractivity contribution in [3.63, 3.8) is 0 Å². The summed E-state index contributed by atoms with van der Waals surface area (Å²) in [5, 5.41) is 7.86. The maximum Gasteiger partial charge on any atom is 0.234 e. The molecule has 24 heavy (non-hydrogen) atoms. The lowest BCUT2D eigenvalue weighted by molar-refractivity contribution is -0.113. The molecule has 5 nitrogen and oxygen atoms in total. The number of rotatable bonds is 6. The molecule has 2 aromatic carbocycles. The molecular weight excluding hydrogens is 320 g/mol. The van der Waals surface area contributed by atoms with E-state index < -0.39 is 0 Å². The lowest BCUT2D eigenvalue weighted by Gasteiger charge is -2.05. The Kier molecular flexibility index (Phi) is 5.28. The van der Waals surface area contributed by atoms with E-state index in [1.165, 1.54) is 17.3 Å². The first kappa shape index (κ1) is 16.3. The predicted molar refractivity (Wildman–Crippen MR) is 96.5 cm³/mol. The maximum atomic E-state index is 12.1. The van der Waals surface area contributed by atoms with E-state index in [1.54, 1.807) is 11.0 Å². The molecule has 1 aromatic heterocycles. The van der Waals surface area contributed by atoms with Crippen molar-refractivity contribution in [3.05, 3.63) is 66.5 Å². The van der Waals surface area contributed by atoms with E-state index in [4.69, 9.17) is 0 Å². The van der Waals surface area contributed by atoms with Crippen molar-refractivity contribution in [2.45, 2.75) is 18.5 Å². The molecule has 1 N–H and O–H groups in total. The van der Waals surface area contributed by atoms with Crippen LogP contribution in [0.15, 0.2) is 66.1 Å². The molecule has 0 aliphatic carbocycles. The molecule has 0 unspecified atom stereocenters. The van der Waals surface area contributed by atoms with Crippen LogP contribution < -0.4 is 5.32 Å². The Morgan fingerprint density at radius 3 is 2.79 bits per heavy atom. The molecule has 1 heterocycles. The fourth-order valence-corrected chi connectivity index (χ4v) is 2.82. The van der Waals surface area contributed by atoms with E-state index in [1.807, 2.05) is 54.6 Å². The van der Waals surface area contributed by atoms with Gasteiger partial charge in [-0.25, -0.2) is 9.67 Å². The van der Waals surface area contributed by atoms with Crippen molar-refractivity contribution in [2.24, 2.45) is 0 Å². The van der Waals surface area contributed by atoms with Crippen LogP contribution in [0.3, 0.4) is 0 Å². The molecular formula is C18H18N4OS. The highest BCUT2D eigenvalue weighted by Crippen LogP contribution is 2.16. The number of thioether (sulfide) groups is 1. The van der Waals surface area contributed by atoms with Crippen LogP contribution in [-0.2, 0) is 11.2 Å². The Balaban J connectivity index is 1.56. The van der Waals surface area contributed by atoms with Crippen molar-refractivity contribution in [1.82, 2.24) is 14.8 Å². The smallest absolute Gasteiger partial charge is 0.234 e. The van der Waals surface area contributed by atoms with Crippen molar-refractivity contribution >= 4 is 23.4 Å². The Morgan fingerprint density at radius 2 is 2.00 bits per heavy atom. The second kappa shape index (κ2) is 7.79. The molecule has 0 saturated heterocycles. The zero-order chi connectivity index (χ0) is 16.8. The van der Waals surface area contributed by atoms with Gasteiger partial charge >= 0.3 is 0 Å². The van der Waals surface area contributed by atoms with Crippen LogP contribution in [-0.4, -0.2) is 26.4 Å². The molecule has 0 aliphatic heterocycles. The van der Waals surface area contributed by atoms with E-state index in [9.17, 15) is 4.79 Å². The largest absolute Gasteiger partial charge is 0.325 e. The summed E-state index contributed by atoms with van der Waals surface area (Å²) in [7, 11) is 0. The highest BCUT2D eigenvalue weighted by Gasteiger charge is 2.08. The fourth-order valence-electron chi connectivity index (χ4n) is 2.22. The Hall–Kier alpha value is -2.60. The molecule has 0 fully saturated rings. The summed E-state index contributed by atoms with van der Waals surface area (Å²) in [5.41, 5.74) is 2.96. The molecule has 6 heteroatoms. The number of anilines is 1. The van der Waals surface area contributed by atoms with Gasteiger partial charge in [-0.1, -0.05) is 49.0 Å². The summed E-state index contributed by atoms with van der Waals surface area (Å²) in [4.78, 5) is 16.3. The molecule has 3 aromatic rings. The zero-order valence-electron chi connectivity index (χ0n) is 13.3. The summed E-state index contributed by atoms with van der Waals surface area (Å²) >= 11 is 1.32. The number of nitrogens with one attached hydrogen (secondary N) is 1. The maximum absolute atomic E-state index is 12.1. The standard InChI is InChI=1S/C18H18N4OS/c1-2-14-7-6-8-15(11-14)20-17(23)12-24-18-19-13-22(21-18)16-9-4-3-5-10-16/h3-11,13H,2,12H2,1H3,(H,20,23). The number of aromatic nitrogens is 3. The number of benzene rings is 2. The highest BCUT2D eigenvalue weighted by atomic mass is 32.2. The molecule has 1 amide bonds. The van der Waals surface area contributed by atoms with Crippen LogP contribution in [0.2, 0.25) is 0 Å². The number of amides is 1. The second-order valence-electron chi connectivity index (χ2n) is 5.20. The number of carbonyl (C=O) groups excluding carboxylic acids is 1. The molecule has 0 spiro atoms. The number of para-hydroxylation sites is 1. The summed E-state index contributed by atoms with van der Waals surface area (Å²) in [6.07, 6.45) is 2.60. The van der Waals surface area contributed by atoms with Gasteiger partial charge in [0.2, 0.25) is 11.1 Å². The van der Waals surface area contributed by atoms with Gasteiger partial charge in [0.25, 0.3) is 0 Å². The number of carbonyl (C=O) groups is 1. The van der Waals surface area contributed by atoms with Crippen molar-refractivity contribution in [2.75, 3.05) is 11.1 Å². The molecule has 0 saturated carbocycles. The second-order valence-corrected chi connectivity index (χ2v) is 6.14. The molecule has 3 rings (SSSR count). The Labute approximate surface area is 145 Å². The molecule has 0 bridgehead atoms. The third kappa shape index (κ3) is 4.23. The summed E-state index contributed by atoms with van der Waals surface area (Å²) in [5.74, 6) is 0.208. The van der Waals surface area contributed by atoms with Gasteiger partial charge in [-0.3, -0.25) is 4.79 Å². The van der Waals surface area contributed by atoms with Crippen LogP contribution in [0, 0.1) is 0 Å². The van der Waals surface area contributed by atoms with Crippen molar-refractivity contribution in [1.29, 1.82) is 0 Å². The van der Waals surface area contributed by atoms with Crippen molar-refractivity contribution in [3.8, 4) is 5.69 Å². The lowest BCUT2D eigenvalue weighted by Crippen LogP contribution is -2.14. The van der Waals surface area contributed by atoms with Crippen LogP contribution >= 0.6 is 11.8 Å². The topological polar surface area (TPSA) is 59.8 Å². The number of hydrogen-bond donors (Lipinski definition) is 1. The third-order valence-corrected chi connectivity index (χ3v) is 4.29. The van der Waals surface area contributed by atoms with Gasteiger partial charge in [-0.2, -0.15) is 0 Å². The van der Waals surface area contributed by atoms with Gasteiger partial charge < -0.3 is 5.32 Å². The minimum atomic E-state index is -0.0654. The minimum absolute atomic E-state index is 0.0654. The first-order chi connectivity index (χ1) is 11.7. The summed E-state index contributed by atoms with van der Waals surface area (Å²) < 4.78 is 1.70. The predicted octanol–water partition coefficient (Wildman–Crippen LogP) is 3.56. The highest BCUT2D eigenvalue weighted by molar-refractivity contribution is 7.99.